The predicted octanol–water partition coefficient (Wildman–Crippen LogP) is 2.48. The summed E-state index contributed by atoms with van der Waals surface area (Å²) in [5.41, 5.74) is -2.18. The van der Waals surface area contributed by atoms with Crippen LogP contribution in [0, 0.1) is 11.6 Å². The normalized spacial score (nSPS) is 11.9. The zero-order chi connectivity index (χ0) is 10.9. The molecule has 0 aliphatic heterocycles. The van der Waals surface area contributed by atoms with Crippen molar-refractivity contribution in [3.05, 3.63) is 34.9 Å². The average molecular weight is 212 g/mol. The van der Waals surface area contributed by atoms with Crippen molar-refractivity contribution >= 4 is 0 Å². The third-order valence-electron chi connectivity index (χ3n) is 1.57. The van der Waals surface area contributed by atoms with E-state index in [0.29, 0.717) is 12.1 Å². The number of alkyl halides is 3. The number of aliphatic hydroxyl groups excluding tert-OH is 1. The third kappa shape index (κ3) is 2.01. The Bertz CT molecular complexity index is 321. The minimum absolute atomic E-state index is 0.243. The molecule has 0 bridgehead atoms. The zero-order valence-electron chi connectivity index (χ0n) is 6.70. The molecule has 0 heterocycles. The van der Waals surface area contributed by atoms with Crippen molar-refractivity contribution in [2.24, 2.45) is 0 Å². The van der Waals surface area contributed by atoms with Crippen molar-refractivity contribution < 1.29 is 27.1 Å². The Balaban J connectivity index is 3.33. The van der Waals surface area contributed by atoms with Crippen LogP contribution in [0.4, 0.5) is 22.0 Å². The molecule has 78 valence electrons. The van der Waals surface area contributed by atoms with Crippen LogP contribution in [-0.4, -0.2) is 5.11 Å². The summed E-state index contributed by atoms with van der Waals surface area (Å²) in [5.74, 6) is -3.44. The Morgan fingerprint density at radius 1 is 1.07 bits per heavy atom. The van der Waals surface area contributed by atoms with Gasteiger partial charge in [0.05, 0.1) is 6.61 Å². The van der Waals surface area contributed by atoms with Gasteiger partial charge in [0.25, 0.3) is 0 Å². The van der Waals surface area contributed by atoms with Crippen molar-refractivity contribution in [3.63, 3.8) is 0 Å². The van der Waals surface area contributed by atoms with E-state index in [-0.39, 0.29) is 5.56 Å². The van der Waals surface area contributed by atoms with Crippen molar-refractivity contribution in [1.29, 1.82) is 0 Å². The van der Waals surface area contributed by atoms with Crippen molar-refractivity contribution in [2.45, 2.75) is 12.8 Å². The van der Waals surface area contributed by atoms with Crippen LogP contribution in [0.15, 0.2) is 12.1 Å². The van der Waals surface area contributed by atoms with Crippen LogP contribution in [0.25, 0.3) is 0 Å². The SMILES string of the molecule is OCc1cc(F)c(C(F)(F)F)c(F)c1. The first-order valence-corrected chi connectivity index (χ1v) is 3.52. The van der Waals surface area contributed by atoms with Gasteiger partial charge in [-0.25, -0.2) is 8.78 Å². The summed E-state index contributed by atoms with van der Waals surface area (Å²) < 4.78 is 61.5. The quantitative estimate of drug-likeness (QED) is 0.709. The largest absolute Gasteiger partial charge is 0.422 e. The second-order valence-electron chi connectivity index (χ2n) is 2.59. The van der Waals surface area contributed by atoms with Gasteiger partial charge in [-0.05, 0) is 17.7 Å². The van der Waals surface area contributed by atoms with Gasteiger partial charge in [0.1, 0.15) is 17.2 Å². The summed E-state index contributed by atoms with van der Waals surface area (Å²) in [6, 6.07) is 0.901. The van der Waals surface area contributed by atoms with Gasteiger partial charge in [-0.15, -0.1) is 0 Å². The van der Waals surface area contributed by atoms with Gasteiger partial charge in [0.15, 0.2) is 0 Å². The predicted molar refractivity (Wildman–Crippen MR) is 37.3 cm³/mol. The summed E-state index contributed by atoms with van der Waals surface area (Å²) in [5, 5.41) is 8.47. The fourth-order valence-electron chi connectivity index (χ4n) is 0.988. The molecule has 0 aliphatic rings. The highest BCUT2D eigenvalue weighted by molar-refractivity contribution is 5.27. The lowest BCUT2D eigenvalue weighted by Crippen LogP contribution is -2.12. The Hall–Kier alpha value is -1.17. The molecule has 0 aliphatic carbocycles. The molecule has 1 aromatic carbocycles. The summed E-state index contributed by atoms with van der Waals surface area (Å²) >= 11 is 0. The molecule has 0 saturated heterocycles. The van der Waals surface area contributed by atoms with Crippen LogP contribution in [0.5, 0.6) is 0 Å². The van der Waals surface area contributed by atoms with E-state index in [2.05, 4.69) is 0 Å². The van der Waals surface area contributed by atoms with Gasteiger partial charge >= 0.3 is 6.18 Å². The maximum atomic E-state index is 12.7. The lowest BCUT2D eigenvalue weighted by Gasteiger charge is -2.09. The molecule has 0 spiro atoms. The van der Waals surface area contributed by atoms with E-state index >= 15 is 0 Å². The van der Waals surface area contributed by atoms with Gasteiger partial charge in [-0.3, -0.25) is 0 Å². The van der Waals surface area contributed by atoms with E-state index < -0.39 is 30.0 Å². The van der Waals surface area contributed by atoms with E-state index in [1.807, 2.05) is 0 Å². The molecule has 1 rings (SSSR count). The molecular weight excluding hydrogens is 207 g/mol. The molecule has 0 saturated carbocycles. The molecule has 0 amide bonds. The molecule has 0 radical (unpaired) electrons. The minimum atomic E-state index is -5.07. The Morgan fingerprint density at radius 2 is 1.50 bits per heavy atom. The number of hydrogen-bond acceptors (Lipinski definition) is 1. The first kappa shape index (κ1) is 10.9. The molecule has 1 N–H and O–H groups in total. The number of halogens is 5. The van der Waals surface area contributed by atoms with Crippen LogP contribution >= 0.6 is 0 Å². The molecule has 0 unspecified atom stereocenters. The molecule has 1 aromatic rings. The monoisotopic (exact) mass is 212 g/mol. The Morgan fingerprint density at radius 3 is 1.79 bits per heavy atom. The first-order chi connectivity index (χ1) is 6.36. The highest BCUT2D eigenvalue weighted by Gasteiger charge is 2.37. The summed E-state index contributed by atoms with van der Waals surface area (Å²) in [7, 11) is 0. The fourth-order valence-corrected chi connectivity index (χ4v) is 0.988. The van der Waals surface area contributed by atoms with Gasteiger partial charge in [0.2, 0.25) is 0 Å². The van der Waals surface area contributed by atoms with E-state index in [1.54, 1.807) is 0 Å². The van der Waals surface area contributed by atoms with E-state index in [4.69, 9.17) is 5.11 Å². The van der Waals surface area contributed by atoms with Gasteiger partial charge in [-0.2, -0.15) is 13.2 Å². The number of benzene rings is 1. The van der Waals surface area contributed by atoms with Crippen LogP contribution < -0.4 is 0 Å². The molecule has 0 aromatic heterocycles. The molecule has 14 heavy (non-hydrogen) atoms. The van der Waals surface area contributed by atoms with Crippen molar-refractivity contribution in [1.82, 2.24) is 0 Å². The standard InChI is InChI=1S/C8H5F5O/c9-5-1-4(3-14)2-6(10)7(5)8(11,12)13/h1-2,14H,3H2. The maximum absolute atomic E-state index is 12.7. The van der Waals surface area contributed by atoms with Crippen LogP contribution in [0.3, 0.4) is 0 Å². The number of aliphatic hydroxyl groups is 1. The topological polar surface area (TPSA) is 20.2 Å². The molecule has 0 atom stereocenters. The van der Waals surface area contributed by atoms with E-state index in [1.165, 1.54) is 0 Å². The fraction of sp³-hybridized carbons (Fsp3) is 0.250. The van der Waals surface area contributed by atoms with Crippen molar-refractivity contribution in [2.75, 3.05) is 0 Å². The van der Waals surface area contributed by atoms with Gasteiger partial charge < -0.3 is 5.11 Å². The van der Waals surface area contributed by atoms with Gasteiger partial charge in [-0.1, -0.05) is 0 Å². The minimum Gasteiger partial charge on any atom is -0.392 e. The molecule has 0 fully saturated rings. The van der Waals surface area contributed by atoms with Crippen LogP contribution in [-0.2, 0) is 12.8 Å². The summed E-state index contributed by atoms with van der Waals surface area (Å²) in [6.45, 7) is -0.716. The lowest BCUT2D eigenvalue weighted by atomic mass is 10.1. The van der Waals surface area contributed by atoms with Crippen LogP contribution in [0.2, 0.25) is 0 Å². The average Bonchev–Trinajstić information content (AvgIpc) is 1.99. The second-order valence-corrected chi connectivity index (χ2v) is 2.59. The second kappa shape index (κ2) is 3.53. The molecule has 1 nitrogen and oxygen atoms in total. The van der Waals surface area contributed by atoms with E-state index in [0.717, 1.165) is 0 Å². The van der Waals surface area contributed by atoms with Crippen LogP contribution in [0.1, 0.15) is 11.1 Å². The summed E-state index contributed by atoms with van der Waals surface area (Å²) in [4.78, 5) is 0. The zero-order valence-corrected chi connectivity index (χ0v) is 6.70. The smallest absolute Gasteiger partial charge is 0.392 e. The highest BCUT2D eigenvalue weighted by atomic mass is 19.4. The third-order valence-corrected chi connectivity index (χ3v) is 1.57. The number of rotatable bonds is 1. The number of hydrogen-bond donors (Lipinski definition) is 1. The Kier molecular flexibility index (Phi) is 2.75. The van der Waals surface area contributed by atoms with E-state index in [9.17, 15) is 22.0 Å². The maximum Gasteiger partial charge on any atom is 0.422 e. The van der Waals surface area contributed by atoms with Gasteiger partial charge in [0, 0.05) is 0 Å². The molecular formula is C8H5F5O. The lowest BCUT2D eigenvalue weighted by molar-refractivity contribution is -0.142. The first-order valence-electron chi connectivity index (χ1n) is 3.52. The van der Waals surface area contributed by atoms with Crippen molar-refractivity contribution in [3.8, 4) is 0 Å². The highest BCUT2D eigenvalue weighted by Crippen LogP contribution is 2.33. The summed E-state index contributed by atoms with van der Waals surface area (Å²) in [6.07, 6.45) is -5.07. The Labute approximate surface area is 75.8 Å². The molecule has 6 heteroatoms.